The molecule has 0 aliphatic heterocycles. The topological polar surface area (TPSA) is 84.2 Å². The number of ether oxygens (including phenoxy) is 4. The van der Waals surface area contributed by atoms with Crippen molar-refractivity contribution in [1.29, 1.82) is 0 Å². The summed E-state index contributed by atoms with van der Waals surface area (Å²) in [5.41, 5.74) is -0.313. The highest BCUT2D eigenvalue weighted by Gasteiger charge is 2.09. The molecule has 0 bridgehead atoms. The van der Waals surface area contributed by atoms with Gasteiger partial charge in [-0.25, -0.2) is 4.79 Å². The SMILES string of the molecule is CCOc1ccc(OCC(=O)OCc2cc(=O)c(OCCC(C)C)co2)cc1. The Balaban J connectivity index is 1.76. The highest BCUT2D eigenvalue weighted by molar-refractivity contribution is 5.71. The summed E-state index contributed by atoms with van der Waals surface area (Å²) < 4.78 is 26.4. The van der Waals surface area contributed by atoms with E-state index in [-0.39, 0.29) is 30.2 Å². The standard InChI is InChI=1S/C21H26O7/c1-4-24-16-5-7-17(8-6-16)27-14-21(23)28-12-18-11-19(22)20(13-26-18)25-10-9-15(2)3/h5-8,11,13,15H,4,9-10,12,14H2,1-3H3. The quantitative estimate of drug-likeness (QED) is 0.542. The Morgan fingerprint density at radius 2 is 1.75 bits per heavy atom. The van der Waals surface area contributed by atoms with Gasteiger partial charge in [0.1, 0.15) is 30.1 Å². The lowest BCUT2D eigenvalue weighted by Gasteiger charge is -2.09. The molecule has 0 N–H and O–H groups in total. The monoisotopic (exact) mass is 390 g/mol. The molecule has 0 radical (unpaired) electrons. The Hall–Kier alpha value is -2.96. The first kappa shape index (κ1) is 21.3. The molecule has 1 aromatic heterocycles. The van der Waals surface area contributed by atoms with Crippen LogP contribution in [-0.4, -0.2) is 25.8 Å². The van der Waals surface area contributed by atoms with Crippen LogP contribution in [0.25, 0.3) is 0 Å². The first-order valence-corrected chi connectivity index (χ1v) is 9.23. The van der Waals surface area contributed by atoms with Gasteiger partial charge in [-0.2, -0.15) is 0 Å². The predicted octanol–water partition coefficient (Wildman–Crippen LogP) is 3.59. The van der Waals surface area contributed by atoms with Gasteiger partial charge < -0.3 is 23.4 Å². The van der Waals surface area contributed by atoms with Crippen molar-refractivity contribution in [2.45, 2.75) is 33.8 Å². The third-order valence-electron chi connectivity index (χ3n) is 3.67. The van der Waals surface area contributed by atoms with Gasteiger partial charge in [0.15, 0.2) is 6.61 Å². The van der Waals surface area contributed by atoms with Crippen molar-refractivity contribution < 1.29 is 28.2 Å². The normalized spacial score (nSPS) is 10.6. The molecular formula is C21H26O7. The van der Waals surface area contributed by atoms with Gasteiger partial charge in [-0.1, -0.05) is 13.8 Å². The van der Waals surface area contributed by atoms with Gasteiger partial charge in [-0.15, -0.1) is 0 Å². The molecule has 2 aromatic rings. The molecule has 152 valence electrons. The minimum Gasteiger partial charge on any atom is -0.494 e. The lowest BCUT2D eigenvalue weighted by Crippen LogP contribution is -2.15. The molecule has 0 aliphatic rings. The van der Waals surface area contributed by atoms with Crippen LogP contribution >= 0.6 is 0 Å². The summed E-state index contributed by atoms with van der Waals surface area (Å²) in [5, 5.41) is 0. The van der Waals surface area contributed by atoms with Crippen LogP contribution in [0.4, 0.5) is 0 Å². The van der Waals surface area contributed by atoms with E-state index >= 15 is 0 Å². The van der Waals surface area contributed by atoms with Crippen molar-refractivity contribution in [3.8, 4) is 17.2 Å². The van der Waals surface area contributed by atoms with Crippen LogP contribution in [0.15, 0.2) is 45.8 Å². The van der Waals surface area contributed by atoms with Gasteiger partial charge in [0.2, 0.25) is 11.2 Å². The maximum Gasteiger partial charge on any atom is 0.344 e. The first-order chi connectivity index (χ1) is 13.5. The molecule has 2 rings (SSSR count). The van der Waals surface area contributed by atoms with Crippen molar-refractivity contribution in [3.05, 3.63) is 52.6 Å². The molecule has 0 saturated carbocycles. The van der Waals surface area contributed by atoms with Crippen LogP contribution in [0.5, 0.6) is 17.2 Å². The molecule has 28 heavy (non-hydrogen) atoms. The molecule has 7 nitrogen and oxygen atoms in total. The van der Waals surface area contributed by atoms with Crippen LogP contribution < -0.4 is 19.6 Å². The summed E-state index contributed by atoms with van der Waals surface area (Å²) in [4.78, 5) is 23.8. The summed E-state index contributed by atoms with van der Waals surface area (Å²) in [6.07, 6.45) is 2.08. The Labute approximate surface area is 164 Å². The molecule has 0 unspecified atom stereocenters. The minimum absolute atomic E-state index is 0.148. The van der Waals surface area contributed by atoms with E-state index in [0.717, 1.165) is 12.2 Å². The van der Waals surface area contributed by atoms with Crippen LogP contribution in [0.1, 0.15) is 33.0 Å². The van der Waals surface area contributed by atoms with Crippen molar-refractivity contribution in [2.75, 3.05) is 19.8 Å². The van der Waals surface area contributed by atoms with Gasteiger partial charge in [-0.05, 0) is 43.5 Å². The number of hydrogen-bond donors (Lipinski definition) is 0. The zero-order valence-corrected chi connectivity index (χ0v) is 16.4. The number of esters is 1. The fraction of sp³-hybridized carbons (Fsp3) is 0.429. The second kappa shape index (κ2) is 11.0. The second-order valence-electron chi connectivity index (χ2n) is 6.46. The lowest BCUT2D eigenvalue weighted by molar-refractivity contribution is -0.147. The summed E-state index contributed by atoms with van der Waals surface area (Å²) in [7, 11) is 0. The maximum absolute atomic E-state index is 12.0. The average Bonchev–Trinajstić information content (AvgIpc) is 2.67. The van der Waals surface area contributed by atoms with Crippen molar-refractivity contribution in [1.82, 2.24) is 0 Å². The second-order valence-corrected chi connectivity index (χ2v) is 6.46. The average molecular weight is 390 g/mol. The van der Waals surface area contributed by atoms with E-state index in [1.165, 1.54) is 12.3 Å². The molecule has 7 heteroatoms. The minimum atomic E-state index is -0.575. The number of hydrogen-bond acceptors (Lipinski definition) is 7. The lowest BCUT2D eigenvalue weighted by atomic mass is 10.1. The van der Waals surface area contributed by atoms with E-state index in [0.29, 0.717) is 24.9 Å². The molecule has 0 aliphatic carbocycles. The molecule has 0 saturated heterocycles. The third kappa shape index (κ3) is 7.34. The van der Waals surface area contributed by atoms with Gasteiger partial charge in [0, 0.05) is 6.07 Å². The van der Waals surface area contributed by atoms with E-state index in [9.17, 15) is 9.59 Å². The Morgan fingerprint density at radius 3 is 2.36 bits per heavy atom. The Morgan fingerprint density at radius 1 is 1.07 bits per heavy atom. The summed E-state index contributed by atoms with van der Waals surface area (Å²) >= 11 is 0. The highest BCUT2D eigenvalue weighted by Crippen LogP contribution is 2.17. The highest BCUT2D eigenvalue weighted by atomic mass is 16.6. The van der Waals surface area contributed by atoms with E-state index in [4.69, 9.17) is 23.4 Å². The van der Waals surface area contributed by atoms with Gasteiger partial charge in [-0.3, -0.25) is 4.79 Å². The van der Waals surface area contributed by atoms with Crippen LogP contribution in [-0.2, 0) is 16.1 Å². The fourth-order valence-electron chi connectivity index (χ4n) is 2.16. The molecule has 0 atom stereocenters. The first-order valence-electron chi connectivity index (χ1n) is 9.23. The smallest absolute Gasteiger partial charge is 0.344 e. The van der Waals surface area contributed by atoms with E-state index in [1.54, 1.807) is 24.3 Å². The Bertz CT molecular complexity index is 793. The van der Waals surface area contributed by atoms with Crippen molar-refractivity contribution in [3.63, 3.8) is 0 Å². The molecule has 0 fully saturated rings. The van der Waals surface area contributed by atoms with Crippen LogP contribution in [0.2, 0.25) is 0 Å². The predicted molar refractivity (Wildman–Crippen MR) is 103 cm³/mol. The molecular weight excluding hydrogens is 364 g/mol. The number of carbonyl (C=O) groups is 1. The number of benzene rings is 1. The zero-order valence-electron chi connectivity index (χ0n) is 16.4. The zero-order chi connectivity index (χ0) is 20.4. The molecule has 1 aromatic carbocycles. The molecule has 0 spiro atoms. The third-order valence-corrected chi connectivity index (χ3v) is 3.67. The van der Waals surface area contributed by atoms with E-state index < -0.39 is 5.97 Å². The van der Waals surface area contributed by atoms with Gasteiger partial charge >= 0.3 is 5.97 Å². The van der Waals surface area contributed by atoms with Crippen molar-refractivity contribution >= 4 is 5.97 Å². The molecule has 1 heterocycles. The van der Waals surface area contributed by atoms with Crippen molar-refractivity contribution in [2.24, 2.45) is 5.92 Å². The largest absolute Gasteiger partial charge is 0.494 e. The van der Waals surface area contributed by atoms with Gasteiger partial charge in [0.05, 0.1) is 13.2 Å². The van der Waals surface area contributed by atoms with E-state index in [1.807, 2.05) is 6.92 Å². The maximum atomic E-state index is 12.0. The van der Waals surface area contributed by atoms with E-state index in [2.05, 4.69) is 13.8 Å². The van der Waals surface area contributed by atoms with Gasteiger partial charge in [0.25, 0.3) is 0 Å². The number of carbonyl (C=O) groups excluding carboxylic acids is 1. The summed E-state index contributed by atoms with van der Waals surface area (Å²) in [6.45, 7) is 6.65. The Kier molecular flexibility index (Phi) is 8.39. The summed E-state index contributed by atoms with van der Waals surface area (Å²) in [6, 6.07) is 8.17. The van der Waals surface area contributed by atoms with Crippen LogP contribution in [0.3, 0.4) is 0 Å². The molecule has 0 amide bonds. The summed E-state index contributed by atoms with van der Waals surface area (Å²) in [5.74, 6) is 1.54. The van der Waals surface area contributed by atoms with Crippen LogP contribution in [0, 0.1) is 5.92 Å². The fourth-order valence-corrected chi connectivity index (χ4v) is 2.16. The number of rotatable bonds is 11.